The van der Waals surface area contributed by atoms with Crippen molar-refractivity contribution in [1.29, 1.82) is 0 Å². The van der Waals surface area contributed by atoms with E-state index in [-0.39, 0.29) is 27.3 Å². The van der Waals surface area contributed by atoms with Crippen molar-refractivity contribution >= 4 is 55.8 Å². The summed E-state index contributed by atoms with van der Waals surface area (Å²) < 4.78 is 29.9. The van der Waals surface area contributed by atoms with Crippen LogP contribution < -0.4 is 16.6 Å². The van der Waals surface area contributed by atoms with Crippen LogP contribution in [0.25, 0.3) is 5.65 Å². The number of fused-ring (bicyclic) bond motifs is 2. The van der Waals surface area contributed by atoms with Crippen molar-refractivity contribution in [3.63, 3.8) is 0 Å². The molecule has 0 atom stereocenters. The summed E-state index contributed by atoms with van der Waals surface area (Å²) in [4.78, 5) is 21.1. The molecule has 1 aliphatic heterocycles. The number of nitrogens with two attached hydrogens (primary N) is 1. The molecule has 0 bridgehead atoms. The summed E-state index contributed by atoms with van der Waals surface area (Å²) in [5.74, 6) is -0.206. The van der Waals surface area contributed by atoms with Crippen LogP contribution in [0.15, 0.2) is 66.7 Å². The zero-order valence-electron chi connectivity index (χ0n) is 14.8. The van der Waals surface area contributed by atoms with Gasteiger partial charge in [0.25, 0.3) is 15.6 Å². The fourth-order valence-electron chi connectivity index (χ4n) is 2.61. The number of guanidine groups is 1. The molecule has 0 spiro atoms. The first-order valence-electron chi connectivity index (χ1n) is 8.15. The monoisotopic (exact) mass is 448 g/mol. The molecule has 0 saturated carbocycles. The lowest BCUT2D eigenvalue weighted by Crippen LogP contribution is -2.29. The smallest absolute Gasteiger partial charge is 0.285 e. The fourth-order valence-corrected chi connectivity index (χ4v) is 5.39. The number of thioether (sulfide) groups is 1. The van der Waals surface area contributed by atoms with Gasteiger partial charge in [0.1, 0.15) is 16.2 Å². The van der Waals surface area contributed by atoms with Crippen LogP contribution in [0.5, 0.6) is 0 Å². The summed E-state index contributed by atoms with van der Waals surface area (Å²) in [6, 6.07) is 8.15. The first-order chi connectivity index (χ1) is 13.7. The number of aliphatic imine (C=N–C) groups is 1. The van der Waals surface area contributed by atoms with Gasteiger partial charge in [-0.2, -0.15) is 13.4 Å². The van der Waals surface area contributed by atoms with Crippen molar-refractivity contribution in [2.45, 2.75) is 16.7 Å². The summed E-state index contributed by atoms with van der Waals surface area (Å²) >= 11 is 7.11. The number of amidine groups is 1. The molecule has 148 valence electrons. The van der Waals surface area contributed by atoms with Gasteiger partial charge in [0, 0.05) is 16.1 Å². The number of hydrogen-bond acceptors (Lipinski definition) is 6. The molecule has 2 aromatic heterocycles. The number of halogens is 1. The zero-order valence-corrected chi connectivity index (χ0v) is 17.2. The third-order valence-corrected chi connectivity index (χ3v) is 6.88. The van der Waals surface area contributed by atoms with Gasteiger partial charge in [-0.25, -0.2) is 4.98 Å². The van der Waals surface area contributed by atoms with Crippen LogP contribution in [0.3, 0.4) is 0 Å². The Morgan fingerprint density at radius 3 is 2.93 bits per heavy atom. The maximum atomic E-state index is 12.5. The third kappa shape index (κ3) is 3.71. The second-order valence-electron chi connectivity index (χ2n) is 6.03. The maximum Gasteiger partial charge on any atom is 0.285 e. The molecule has 9 nitrogen and oxygen atoms in total. The number of aryl methyl sites for hydroxylation is 1. The highest BCUT2D eigenvalue weighted by Crippen LogP contribution is 2.37. The van der Waals surface area contributed by atoms with Gasteiger partial charge < -0.3 is 11.1 Å². The van der Waals surface area contributed by atoms with E-state index >= 15 is 0 Å². The average Bonchev–Trinajstić information content (AvgIpc) is 2.65. The van der Waals surface area contributed by atoms with E-state index in [1.165, 1.54) is 16.7 Å². The Morgan fingerprint density at radius 1 is 1.34 bits per heavy atom. The quantitative estimate of drug-likeness (QED) is 0.431. The fraction of sp³-hybridized carbons (Fsp3) is 0.0588. The first kappa shape index (κ1) is 19.4. The number of nitrogens with zero attached hydrogens (tertiary/aromatic N) is 4. The van der Waals surface area contributed by atoms with Gasteiger partial charge in [0.05, 0.1) is 6.20 Å². The summed E-state index contributed by atoms with van der Waals surface area (Å²) in [5.41, 5.74) is 6.66. The van der Waals surface area contributed by atoms with Crippen LogP contribution >= 0.6 is 23.4 Å². The molecule has 1 aliphatic rings. The molecule has 1 aromatic carbocycles. The van der Waals surface area contributed by atoms with Gasteiger partial charge in [0.2, 0.25) is 11.1 Å². The number of benzene rings is 1. The van der Waals surface area contributed by atoms with E-state index in [4.69, 9.17) is 17.3 Å². The summed E-state index contributed by atoms with van der Waals surface area (Å²) in [5, 5.41) is 2.97. The number of sulfonamides is 1. The minimum absolute atomic E-state index is 0.0619. The normalized spacial score (nSPS) is 15.7. The van der Waals surface area contributed by atoms with E-state index in [1.54, 1.807) is 37.4 Å². The van der Waals surface area contributed by atoms with Crippen molar-refractivity contribution < 1.29 is 8.42 Å². The lowest BCUT2D eigenvalue weighted by Gasteiger charge is -2.15. The predicted octanol–water partition coefficient (Wildman–Crippen LogP) is 2.23. The van der Waals surface area contributed by atoms with E-state index < -0.39 is 10.0 Å². The second-order valence-corrected chi connectivity index (χ2v) is 9.02. The van der Waals surface area contributed by atoms with Crippen molar-refractivity contribution in [2.24, 2.45) is 15.1 Å². The highest BCUT2D eigenvalue weighted by atomic mass is 35.5. The molecule has 0 unspecified atom stereocenters. The van der Waals surface area contributed by atoms with Crippen molar-refractivity contribution in [3.8, 4) is 0 Å². The molecule has 4 rings (SSSR count). The third-order valence-electron chi connectivity index (χ3n) is 3.99. The van der Waals surface area contributed by atoms with Gasteiger partial charge in [-0.3, -0.25) is 9.20 Å². The summed E-state index contributed by atoms with van der Waals surface area (Å²) in [6.07, 6.45) is 2.89. The molecule has 0 aliphatic carbocycles. The molecule has 0 radical (unpaired) electrons. The molecule has 29 heavy (non-hydrogen) atoms. The minimum Gasteiger partial charge on any atom is -0.369 e. The number of anilines is 1. The standard InChI is InChI=1S/C17H13ClN6O3S2/c1-9-6-13-12(7-10(9)18)28-17(23-29(13,26)27)22-16(19)21-11-8-20-14-4-2-3-5-24(14)15(11)25/h2-8H,1H3,(H3,19,21,22,23). The van der Waals surface area contributed by atoms with Crippen LogP contribution in [0.4, 0.5) is 5.69 Å². The van der Waals surface area contributed by atoms with Gasteiger partial charge in [-0.05, 0) is 48.5 Å². The summed E-state index contributed by atoms with van der Waals surface area (Å²) in [7, 11) is -3.95. The van der Waals surface area contributed by atoms with Gasteiger partial charge in [-0.15, -0.1) is 4.40 Å². The van der Waals surface area contributed by atoms with Gasteiger partial charge in [-0.1, -0.05) is 17.7 Å². The highest BCUT2D eigenvalue weighted by Gasteiger charge is 2.27. The molecular formula is C17H13ClN6O3S2. The largest absolute Gasteiger partial charge is 0.369 e. The predicted molar refractivity (Wildman–Crippen MR) is 113 cm³/mol. The van der Waals surface area contributed by atoms with Crippen molar-refractivity contribution in [1.82, 2.24) is 9.38 Å². The van der Waals surface area contributed by atoms with Crippen molar-refractivity contribution in [2.75, 3.05) is 5.32 Å². The molecule has 3 heterocycles. The summed E-state index contributed by atoms with van der Waals surface area (Å²) in [6.45, 7) is 1.71. The van der Waals surface area contributed by atoms with E-state index in [0.29, 0.717) is 21.1 Å². The van der Waals surface area contributed by atoms with Crippen LogP contribution in [0.2, 0.25) is 5.02 Å². The number of pyridine rings is 1. The van der Waals surface area contributed by atoms with Crippen LogP contribution in [-0.2, 0) is 10.0 Å². The molecule has 3 aromatic rings. The average molecular weight is 449 g/mol. The van der Waals surface area contributed by atoms with Crippen LogP contribution in [-0.4, -0.2) is 28.9 Å². The van der Waals surface area contributed by atoms with Crippen LogP contribution in [0, 0.1) is 6.92 Å². The Labute approximate surface area is 174 Å². The number of hydrogen-bond donors (Lipinski definition) is 2. The van der Waals surface area contributed by atoms with Gasteiger partial charge >= 0.3 is 0 Å². The van der Waals surface area contributed by atoms with Gasteiger partial charge in [0.15, 0.2) is 0 Å². The number of rotatable bonds is 1. The molecule has 0 saturated heterocycles. The van der Waals surface area contributed by atoms with E-state index in [0.717, 1.165) is 11.8 Å². The Kier molecular flexibility index (Phi) is 4.81. The van der Waals surface area contributed by atoms with E-state index in [9.17, 15) is 13.2 Å². The second kappa shape index (κ2) is 7.17. The Balaban J connectivity index is 1.67. The highest BCUT2D eigenvalue weighted by molar-refractivity contribution is 8.15. The molecule has 0 amide bonds. The molecule has 12 heteroatoms. The van der Waals surface area contributed by atoms with E-state index in [1.807, 2.05) is 0 Å². The van der Waals surface area contributed by atoms with Crippen molar-refractivity contribution in [3.05, 3.63) is 63.7 Å². The zero-order chi connectivity index (χ0) is 20.8. The topological polar surface area (TPSA) is 131 Å². The molecule has 0 fully saturated rings. The van der Waals surface area contributed by atoms with E-state index in [2.05, 4.69) is 19.7 Å². The molecular weight excluding hydrogens is 436 g/mol. The Bertz CT molecular complexity index is 1380. The Morgan fingerprint density at radius 2 is 2.14 bits per heavy atom. The lowest BCUT2D eigenvalue weighted by atomic mass is 10.2. The van der Waals surface area contributed by atoms with Crippen LogP contribution in [0.1, 0.15) is 5.56 Å². The minimum atomic E-state index is -3.95. The number of aromatic nitrogens is 2. The number of nitrogens with one attached hydrogen (secondary N) is 1. The molecule has 3 N–H and O–H groups in total. The SMILES string of the molecule is Cc1cc2c(cc1Cl)SC(/N=C(/N)Nc1cnc3ccccn3c1=O)=NS2(=O)=O. The Hall–Kier alpha value is -2.89. The maximum absolute atomic E-state index is 12.5. The lowest BCUT2D eigenvalue weighted by molar-refractivity contribution is 0.595. The first-order valence-corrected chi connectivity index (χ1v) is 10.8.